The normalized spacial score (nSPS) is 14.0. The van der Waals surface area contributed by atoms with Crippen molar-refractivity contribution in [2.75, 3.05) is 32.8 Å². The number of morpholine rings is 1. The van der Waals surface area contributed by atoms with Gasteiger partial charge in [-0.2, -0.15) is 0 Å². The summed E-state index contributed by atoms with van der Waals surface area (Å²) in [6.07, 6.45) is 6.77. The van der Waals surface area contributed by atoms with Gasteiger partial charge in [-0.25, -0.2) is 9.78 Å². The Morgan fingerprint density at radius 1 is 1.03 bits per heavy atom. The number of hydrogen-bond donors (Lipinski definition) is 2. The molecule has 7 nitrogen and oxygen atoms in total. The van der Waals surface area contributed by atoms with Crippen LogP contribution in [0.5, 0.6) is 0 Å². The van der Waals surface area contributed by atoms with Gasteiger partial charge >= 0.3 is 5.97 Å². The van der Waals surface area contributed by atoms with E-state index in [-0.39, 0.29) is 5.56 Å². The van der Waals surface area contributed by atoms with Gasteiger partial charge in [0.05, 0.1) is 24.3 Å². The van der Waals surface area contributed by atoms with Gasteiger partial charge in [-0.05, 0) is 53.8 Å². The molecule has 0 atom stereocenters. The molecular formula is C31H28N4O3. The molecule has 6 rings (SSSR count). The Morgan fingerprint density at radius 2 is 1.89 bits per heavy atom. The number of rotatable bonds is 6. The van der Waals surface area contributed by atoms with E-state index in [0.717, 1.165) is 78.9 Å². The van der Waals surface area contributed by atoms with Crippen molar-refractivity contribution in [2.24, 2.45) is 0 Å². The first-order valence-electron chi connectivity index (χ1n) is 12.9. The summed E-state index contributed by atoms with van der Waals surface area (Å²) in [5.41, 5.74) is 5.09. The number of pyridine rings is 1. The summed E-state index contributed by atoms with van der Waals surface area (Å²) in [7, 11) is 0. The molecule has 2 aromatic carbocycles. The number of aromatic amines is 1. The lowest BCUT2D eigenvalue weighted by Crippen LogP contribution is -2.37. The number of benzene rings is 2. The summed E-state index contributed by atoms with van der Waals surface area (Å²) >= 11 is 0. The van der Waals surface area contributed by atoms with Gasteiger partial charge in [-0.1, -0.05) is 30.0 Å². The number of fused-ring (bicyclic) bond motifs is 2. The molecule has 0 amide bonds. The van der Waals surface area contributed by atoms with Crippen LogP contribution in [0.3, 0.4) is 0 Å². The van der Waals surface area contributed by atoms with E-state index < -0.39 is 5.97 Å². The average Bonchev–Trinajstić information content (AvgIpc) is 3.56. The number of aryl methyl sites for hydroxylation is 1. The highest BCUT2D eigenvalue weighted by molar-refractivity contribution is 5.99. The van der Waals surface area contributed by atoms with E-state index in [1.165, 1.54) is 0 Å². The van der Waals surface area contributed by atoms with E-state index in [0.29, 0.717) is 11.1 Å². The summed E-state index contributed by atoms with van der Waals surface area (Å²) in [4.78, 5) is 22.4. The third kappa shape index (κ3) is 4.80. The van der Waals surface area contributed by atoms with Crippen LogP contribution in [0.2, 0.25) is 0 Å². The van der Waals surface area contributed by atoms with Gasteiger partial charge in [0, 0.05) is 66.8 Å². The Bertz CT molecular complexity index is 1680. The van der Waals surface area contributed by atoms with Crippen LogP contribution in [0.15, 0.2) is 73.2 Å². The first-order chi connectivity index (χ1) is 18.7. The first kappa shape index (κ1) is 24.0. The van der Waals surface area contributed by atoms with Gasteiger partial charge in [0.15, 0.2) is 0 Å². The minimum atomic E-state index is -0.976. The fourth-order valence-electron chi connectivity index (χ4n) is 5.17. The molecule has 38 heavy (non-hydrogen) atoms. The number of aromatic nitrogens is 3. The van der Waals surface area contributed by atoms with Crippen molar-refractivity contribution in [3.05, 3.63) is 89.9 Å². The van der Waals surface area contributed by atoms with Gasteiger partial charge in [0.2, 0.25) is 0 Å². The maximum Gasteiger partial charge on any atom is 0.336 e. The smallest absolute Gasteiger partial charge is 0.336 e. The second-order valence-corrected chi connectivity index (χ2v) is 9.48. The molecule has 5 aromatic rings. The maximum atomic E-state index is 12.2. The van der Waals surface area contributed by atoms with Crippen molar-refractivity contribution < 1.29 is 14.6 Å². The highest BCUT2D eigenvalue weighted by Crippen LogP contribution is 2.30. The summed E-state index contributed by atoms with van der Waals surface area (Å²) in [6, 6.07) is 17.1. The molecule has 1 fully saturated rings. The van der Waals surface area contributed by atoms with Crippen molar-refractivity contribution in [3.8, 4) is 23.0 Å². The van der Waals surface area contributed by atoms with Gasteiger partial charge in [-0.15, -0.1) is 0 Å². The minimum Gasteiger partial charge on any atom is -0.478 e. The molecule has 0 unspecified atom stereocenters. The van der Waals surface area contributed by atoms with Crippen LogP contribution in [0.25, 0.3) is 33.1 Å². The fourth-order valence-corrected chi connectivity index (χ4v) is 5.17. The molecule has 190 valence electrons. The number of nitrogens with one attached hydrogen (secondary N) is 1. The summed E-state index contributed by atoms with van der Waals surface area (Å²) < 4.78 is 7.63. The second kappa shape index (κ2) is 10.5. The standard InChI is InChI=1S/C31H28N4O3/c36-31(37)27-5-1-4-23(29(27)24-9-7-22-11-13-32-28(22)20-24)8-10-25-21-35(30-26(25)6-2-12-33-30)15-3-14-34-16-18-38-19-17-34/h1-2,4-7,9,11-13,20-21,32H,3,14-19H2,(H,36,37). The van der Waals surface area contributed by atoms with E-state index in [9.17, 15) is 9.90 Å². The predicted molar refractivity (Wildman–Crippen MR) is 148 cm³/mol. The van der Waals surface area contributed by atoms with Gasteiger partial charge in [0.1, 0.15) is 5.65 Å². The molecule has 7 heteroatoms. The molecule has 1 saturated heterocycles. The highest BCUT2D eigenvalue weighted by Gasteiger charge is 2.16. The average molecular weight is 505 g/mol. The molecule has 1 aliphatic rings. The SMILES string of the molecule is O=C(O)c1cccc(C#Cc2cn(CCCN3CCOCC3)c3ncccc23)c1-c1ccc2cc[nH]c2c1. The quantitative estimate of drug-likeness (QED) is 0.318. The summed E-state index contributed by atoms with van der Waals surface area (Å²) in [5.74, 6) is 5.65. The molecule has 3 aromatic heterocycles. The summed E-state index contributed by atoms with van der Waals surface area (Å²) in [6.45, 7) is 5.44. The lowest BCUT2D eigenvalue weighted by molar-refractivity contribution is 0.0369. The monoisotopic (exact) mass is 504 g/mol. The maximum absolute atomic E-state index is 12.2. The Hall–Kier alpha value is -4.38. The molecule has 2 N–H and O–H groups in total. The number of aromatic carboxylic acids is 1. The third-order valence-corrected chi connectivity index (χ3v) is 7.08. The molecule has 0 saturated carbocycles. The van der Waals surface area contributed by atoms with Crippen molar-refractivity contribution in [3.63, 3.8) is 0 Å². The van der Waals surface area contributed by atoms with E-state index >= 15 is 0 Å². The highest BCUT2D eigenvalue weighted by atomic mass is 16.5. The first-order valence-corrected chi connectivity index (χ1v) is 12.9. The largest absolute Gasteiger partial charge is 0.478 e. The molecule has 0 radical (unpaired) electrons. The number of carboxylic acid groups (broad SMARTS) is 1. The lowest BCUT2D eigenvalue weighted by atomic mass is 9.93. The topological polar surface area (TPSA) is 83.4 Å². The molecule has 1 aliphatic heterocycles. The van der Waals surface area contributed by atoms with Gasteiger partial charge in [0.25, 0.3) is 0 Å². The van der Waals surface area contributed by atoms with Gasteiger partial charge in [-0.3, -0.25) is 4.90 Å². The molecule has 0 aliphatic carbocycles. The Kier molecular flexibility index (Phi) is 6.65. The zero-order valence-electron chi connectivity index (χ0n) is 21.0. The second-order valence-electron chi connectivity index (χ2n) is 9.48. The lowest BCUT2D eigenvalue weighted by Gasteiger charge is -2.26. The molecule has 4 heterocycles. The minimum absolute atomic E-state index is 0.231. The van der Waals surface area contributed by atoms with Crippen LogP contribution in [0.1, 0.15) is 27.9 Å². The number of carbonyl (C=O) groups is 1. The molecule has 0 spiro atoms. The van der Waals surface area contributed by atoms with Crippen LogP contribution < -0.4 is 0 Å². The van der Waals surface area contributed by atoms with Gasteiger partial charge < -0.3 is 19.4 Å². The zero-order chi connectivity index (χ0) is 25.9. The molecular weight excluding hydrogens is 476 g/mol. The Balaban J connectivity index is 1.35. The number of ether oxygens (including phenoxy) is 1. The zero-order valence-corrected chi connectivity index (χ0v) is 21.0. The fraction of sp³-hybridized carbons (Fsp3) is 0.226. The van der Waals surface area contributed by atoms with Crippen LogP contribution in [0, 0.1) is 11.8 Å². The number of H-pyrrole nitrogens is 1. The van der Waals surface area contributed by atoms with Crippen LogP contribution in [-0.2, 0) is 11.3 Å². The van der Waals surface area contributed by atoms with Crippen LogP contribution >= 0.6 is 0 Å². The van der Waals surface area contributed by atoms with Crippen molar-refractivity contribution in [1.29, 1.82) is 0 Å². The number of hydrogen-bond acceptors (Lipinski definition) is 4. The Labute approximate surface area is 220 Å². The predicted octanol–water partition coefficient (Wildman–Crippen LogP) is 5.00. The Morgan fingerprint density at radius 3 is 2.76 bits per heavy atom. The van der Waals surface area contributed by atoms with E-state index in [4.69, 9.17) is 4.74 Å². The molecule has 0 bridgehead atoms. The van der Waals surface area contributed by atoms with Crippen molar-refractivity contribution >= 4 is 27.9 Å². The van der Waals surface area contributed by atoms with Crippen molar-refractivity contribution in [1.82, 2.24) is 19.4 Å². The van der Waals surface area contributed by atoms with E-state index in [1.54, 1.807) is 12.1 Å². The number of carboxylic acids is 1. The van der Waals surface area contributed by atoms with E-state index in [1.807, 2.05) is 54.9 Å². The van der Waals surface area contributed by atoms with Crippen LogP contribution in [0.4, 0.5) is 0 Å². The van der Waals surface area contributed by atoms with Crippen molar-refractivity contribution in [2.45, 2.75) is 13.0 Å². The summed E-state index contributed by atoms with van der Waals surface area (Å²) in [5, 5.41) is 12.0. The van der Waals surface area contributed by atoms with E-state index in [2.05, 4.69) is 37.5 Å². The van der Waals surface area contributed by atoms with Crippen LogP contribution in [-0.4, -0.2) is 63.4 Å². The third-order valence-electron chi connectivity index (χ3n) is 7.08. The number of nitrogens with zero attached hydrogens (tertiary/aromatic N) is 3.